The summed E-state index contributed by atoms with van der Waals surface area (Å²) in [4.78, 5) is 36.4. The number of hydrogen-bond donors (Lipinski definition) is 2. The maximum absolute atomic E-state index is 13.7. The maximum atomic E-state index is 13.7. The van der Waals surface area contributed by atoms with E-state index in [4.69, 9.17) is 4.74 Å². The molecule has 0 saturated carbocycles. The van der Waals surface area contributed by atoms with Crippen molar-refractivity contribution in [3.63, 3.8) is 0 Å². The lowest BCUT2D eigenvalue weighted by Gasteiger charge is -2.18. The van der Waals surface area contributed by atoms with E-state index in [-0.39, 0.29) is 30.2 Å². The normalized spacial score (nSPS) is 18.7. The van der Waals surface area contributed by atoms with Crippen molar-refractivity contribution < 1.29 is 28.6 Å². The van der Waals surface area contributed by atoms with Crippen LogP contribution in [0.5, 0.6) is 5.75 Å². The number of likely N-dealkylation sites (tertiary alicyclic amines) is 1. The molecule has 0 spiro atoms. The van der Waals surface area contributed by atoms with Gasteiger partial charge in [0.05, 0.1) is 13.0 Å². The highest BCUT2D eigenvalue weighted by atomic mass is 19.1. The number of carbonyl (C=O) groups is 3. The number of benzene rings is 1. The number of hydrogen-bond acceptors (Lipinski definition) is 4. The zero-order valence-electron chi connectivity index (χ0n) is 12.7. The SMILES string of the molecule is COc1ccc(C(NC(=O)C2CC(=O)N(C)C2)C(=O)O)cc1F. The van der Waals surface area contributed by atoms with Gasteiger partial charge in [-0.2, -0.15) is 0 Å². The lowest BCUT2D eigenvalue weighted by molar-refractivity contribution is -0.142. The number of carbonyl (C=O) groups excluding carboxylic acids is 2. The largest absolute Gasteiger partial charge is 0.494 e. The van der Waals surface area contributed by atoms with Crippen LogP contribution in [0.3, 0.4) is 0 Å². The molecule has 23 heavy (non-hydrogen) atoms. The van der Waals surface area contributed by atoms with Crippen LogP contribution in [0.25, 0.3) is 0 Å². The number of nitrogens with zero attached hydrogens (tertiary/aromatic N) is 1. The molecular formula is C15H17FN2O5. The quantitative estimate of drug-likeness (QED) is 0.825. The second kappa shape index (κ2) is 6.64. The van der Waals surface area contributed by atoms with E-state index >= 15 is 0 Å². The number of rotatable bonds is 5. The minimum absolute atomic E-state index is 0.0211. The molecule has 1 heterocycles. The van der Waals surface area contributed by atoms with Crippen LogP contribution in [0.15, 0.2) is 18.2 Å². The molecule has 1 aliphatic rings. The van der Waals surface area contributed by atoms with Crippen LogP contribution < -0.4 is 10.1 Å². The summed E-state index contributed by atoms with van der Waals surface area (Å²) in [7, 11) is 2.87. The zero-order chi connectivity index (χ0) is 17.1. The van der Waals surface area contributed by atoms with Crippen molar-refractivity contribution in [1.82, 2.24) is 10.2 Å². The predicted molar refractivity (Wildman–Crippen MR) is 77.2 cm³/mol. The molecule has 124 valence electrons. The molecule has 1 fully saturated rings. The smallest absolute Gasteiger partial charge is 0.330 e. The van der Waals surface area contributed by atoms with Gasteiger partial charge in [-0.1, -0.05) is 6.07 Å². The Labute approximate surface area is 132 Å². The van der Waals surface area contributed by atoms with E-state index in [1.807, 2.05) is 0 Å². The Balaban J connectivity index is 2.16. The fourth-order valence-corrected chi connectivity index (χ4v) is 2.45. The van der Waals surface area contributed by atoms with Gasteiger partial charge in [-0.3, -0.25) is 9.59 Å². The summed E-state index contributed by atoms with van der Waals surface area (Å²) < 4.78 is 18.5. The van der Waals surface area contributed by atoms with Crippen LogP contribution in [0, 0.1) is 11.7 Å². The van der Waals surface area contributed by atoms with Gasteiger partial charge in [0.25, 0.3) is 0 Å². The van der Waals surface area contributed by atoms with Gasteiger partial charge in [0.2, 0.25) is 11.8 Å². The molecule has 2 unspecified atom stereocenters. The van der Waals surface area contributed by atoms with Gasteiger partial charge in [0, 0.05) is 20.0 Å². The number of halogens is 1. The fraction of sp³-hybridized carbons (Fsp3) is 0.400. The molecule has 2 atom stereocenters. The van der Waals surface area contributed by atoms with Crippen molar-refractivity contribution in [2.24, 2.45) is 5.92 Å². The van der Waals surface area contributed by atoms with E-state index < -0.39 is 29.7 Å². The molecular weight excluding hydrogens is 307 g/mol. The topological polar surface area (TPSA) is 95.9 Å². The monoisotopic (exact) mass is 324 g/mol. The molecule has 7 nitrogen and oxygen atoms in total. The van der Waals surface area contributed by atoms with Crippen molar-refractivity contribution in [1.29, 1.82) is 0 Å². The molecule has 1 saturated heterocycles. The number of carboxylic acids is 1. The molecule has 2 N–H and O–H groups in total. The summed E-state index contributed by atoms with van der Waals surface area (Å²) in [5.41, 5.74) is 0.0850. The van der Waals surface area contributed by atoms with Gasteiger partial charge < -0.3 is 20.1 Å². The van der Waals surface area contributed by atoms with Crippen molar-refractivity contribution >= 4 is 17.8 Å². The molecule has 8 heteroatoms. The molecule has 0 aromatic heterocycles. The zero-order valence-corrected chi connectivity index (χ0v) is 12.7. The van der Waals surface area contributed by atoms with Crippen molar-refractivity contribution in [3.05, 3.63) is 29.6 Å². The summed E-state index contributed by atoms with van der Waals surface area (Å²) in [6.07, 6.45) is 0.0334. The van der Waals surface area contributed by atoms with Crippen LogP contribution in [0.4, 0.5) is 4.39 Å². The van der Waals surface area contributed by atoms with E-state index in [0.717, 1.165) is 6.07 Å². The third-order valence-electron chi connectivity index (χ3n) is 3.75. The fourth-order valence-electron chi connectivity index (χ4n) is 2.45. The van der Waals surface area contributed by atoms with Gasteiger partial charge in [0.1, 0.15) is 0 Å². The number of methoxy groups -OCH3 is 1. The Morgan fingerprint density at radius 2 is 2.17 bits per heavy atom. The Morgan fingerprint density at radius 3 is 2.65 bits per heavy atom. The van der Waals surface area contributed by atoms with Crippen molar-refractivity contribution in [3.8, 4) is 5.75 Å². The number of nitrogens with one attached hydrogen (secondary N) is 1. The van der Waals surface area contributed by atoms with Crippen LogP contribution in [0.1, 0.15) is 18.0 Å². The molecule has 0 radical (unpaired) electrons. The van der Waals surface area contributed by atoms with E-state index in [0.29, 0.717) is 0 Å². The minimum atomic E-state index is -1.40. The molecule has 2 rings (SSSR count). The maximum Gasteiger partial charge on any atom is 0.330 e. The molecule has 0 aliphatic carbocycles. The Kier molecular flexibility index (Phi) is 4.83. The molecule has 1 aromatic rings. The lowest BCUT2D eigenvalue weighted by Crippen LogP contribution is -2.38. The first-order valence-electron chi connectivity index (χ1n) is 6.94. The van der Waals surface area contributed by atoms with Gasteiger partial charge in [-0.25, -0.2) is 9.18 Å². The second-order valence-corrected chi connectivity index (χ2v) is 5.35. The van der Waals surface area contributed by atoms with Gasteiger partial charge in [0.15, 0.2) is 17.6 Å². The average Bonchev–Trinajstić information content (AvgIpc) is 2.84. The van der Waals surface area contributed by atoms with E-state index in [9.17, 15) is 23.9 Å². The number of ether oxygens (including phenoxy) is 1. The predicted octanol–water partition coefficient (Wildman–Crippen LogP) is 0.555. The van der Waals surface area contributed by atoms with E-state index in [1.165, 1.54) is 24.1 Å². The van der Waals surface area contributed by atoms with Crippen LogP contribution in [-0.4, -0.2) is 48.5 Å². The summed E-state index contributed by atoms with van der Waals surface area (Å²) in [6, 6.07) is 2.26. The van der Waals surface area contributed by atoms with Crippen molar-refractivity contribution in [2.75, 3.05) is 20.7 Å². The first-order valence-corrected chi connectivity index (χ1v) is 6.94. The van der Waals surface area contributed by atoms with Crippen LogP contribution >= 0.6 is 0 Å². The van der Waals surface area contributed by atoms with Crippen LogP contribution in [0.2, 0.25) is 0 Å². The summed E-state index contributed by atoms with van der Waals surface area (Å²) in [5, 5.41) is 11.6. The summed E-state index contributed by atoms with van der Waals surface area (Å²) in [5.74, 6) is -3.40. The third-order valence-corrected chi connectivity index (χ3v) is 3.75. The molecule has 1 aromatic carbocycles. The molecule has 0 bridgehead atoms. The Bertz CT molecular complexity index is 649. The van der Waals surface area contributed by atoms with Crippen LogP contribution in [-0.2, 0) is 14.4 Å². The summed E-state index contributed by atoms with van der Waals surface area (Å²) in [6.45, 7) is 0.230. The highest BCUT2D eigenvalue weighted by Gasteiger charge is 2.34. The molecule has 1 aliphatic heterocycles. The number of amides is 2. The number of aliphatic carboxylic acids is 1. The first kappa shape index (κ1) is 16.7. The average molecular weight is 324 g/mol. The Hall–Kier alpha value is -2.64. The standard InChI is InChI=1S/C15H17FN2O5/c1-18-7-9(6-12(18)19)14(20)17-13(15(21)22)8-3-4-11(23-2)10(16)5-8/h3-5,9,13H,6-7H2,1-2H3,(H,17,20)(H,21,22). The van der Waals surface area contributed by atoms with Gasteiger partial charge in [-0.05, 0) is 17.7 Å². The second-order valence-electron chi connectivity index (χ2n) is 5.35. The van der Waals surface area contributed by atoms with E-state index in [1.54, 1.807) is 7.05 Å². The Morgan fingerprint density at radius 1 is 1.48 bits per heavy atom. The molecule has 2 amide bonds. The van der Waals surface area contributed by atoms with E-state index in [2.05, 4.69) is 5.32 Å². The van der Waals surface area contributed by atoms with Gasteiger partial charge >= 0.3 is 5.97 Å². The van der Waals surface area contributed by atoms with Gasteiger partial charge in [-0.15, -0.1) is 0 Å². The summed E-state index contributed by atoms with van der Waals surface area (Å²) >= 11 is 0. The number of carboxylic acid groups (broad SMARTS) is 1. The minimum Gasteiger partial charge on any atom is -0.494 e. The lowest BCUT2D eigenvalue weighted by atomic mass is 10.0. The highest BCUT2D eigenvalue weighted by molar-refractivity contribution is 5.91. The first-order chi connectivity index (χ1) is 10.8. The highest BCUT2D eigenvalue weighted by Crippen LogP contribution is 2.23. The third kappa shape index (κ3) is 3.58. The van der Waals surface area contributed by atoms with Crippen molar-refractivity contribution in [2.45, 2.75) is 12.5 Å².